The first-order valence-electron chi connectivity index (χ1n) is 6.84. The molecule has 2 aromatic rings. The molecule has 0 radical (unpaired) electrons. The van der Waals surface area contributed by atoms with Crippen LogP contribution < -0.4 is 10.1 Å². The van der Waals surface area contributed by atoms with Crippen LogP contribution in [0.5, 0.6) is 5.75 Å². The van der Waals surface area contributed by atoms with Crippen molar-refractivity contribution in [3.8, 4) is 5.75 Å². The number of methoxy groups -OCH3 is 1. The van der Waals surface area contributed by atoms with Gasteiger partial charge in [0, 0.05) is 12.1 Å². The van der Waals surface area contributed by atoms with Gasteiger partial charge in [0.15, 0.2) is 0 Å². The van der Waals surface area contributed by atoms with Gasteiger partial charge in [-0.1, -0.05) is 11.3 Å². The first-order chi connectivity index (χ1) is 9.87. The topological polar surface area (TPSA) is 52.0 Å². The molecule has 1 heterocycles. The molecule has 0 bridgehead atoms. The fraction of sp³-hybridized carbons (Fsp3) is 0.467. The van der Waals surface area contributed by atoms with E-state index < -0.39 is 0 Å². The van der Waals surface area contributed by atoms with Gasteiger partial charge in [-0.15, -0.1) is 5.10 Å². The molecule has 0 aliphatic carbocycles. The Kier molecular flexibility index (Phi) is 5.00. The molecule has 6 heteroatoms. The number of rotatable bonds is 5. The molecular weight excluding hydrogens is 332 g/mol. The second kappa shape index (κ2) is 6.58. The molecule has 0 atom stereocenters. The number of aromatic nitrogens is 3. The zero-order valence-corrected chi connectivity index (χ0v) is 14.4. The van der Waals surface area contributed by atoms with Crippen molar-refractivity contribution in [2.75, 3.05) is 7.11 Å². The third kappa shape index (κ3) is 4.82. The molecule has 0 amide bonds. The Labute approximate surface area is 133 Å². The number of benzene rings is 1. The predicted octanol–water partition coefficient (Wildman–Crippen LogP) is 2.99. The minimum Gasteiger partial charge on any atom is -0.496 e. The molecule has 0 spiro atoms. The summed E-state index contributed by atoms with van der Waals surface area (Å²) in [5, 5.41) is 11.7. The Morgan fingerprint density at radius 3 is 2.71 bits per heavy atom. The molecule has 0 fully saturated rings. The maximum absolute atomic E-state index is 5.23. The van der Waals surface area contributed by atoms with Crippen molar-refractivity contribution >= 4 is 15.9 Å². The molecule has 0 saturated heterocycles. The van der Waals surface area contributed by atoms with Crippen LogP contribution in [-0.2, 0) is 13.1 Å². The highest BCUT2D eigenvalue weighted by Gasteiger charge is 2.10. The van der Waals surface area contributed by atoms with Crippen molar-refractivity contribution in [1.29, 1.82) is 0 Å². The molecule has 1 N–H and O–H groups in total. The summed E-state index contributed by atoms with van der Waals surface area (Å²) in [6.45, 7) is 7.80. The van der Waals surface area contributed by atoms with Crippen molar-refractivity contribution < 1.29 is 4.74 Å². The zero-order valence-electron chi connectivity index (χ0n) is 12.9. The van der Waals surface area contributed by atoms with Crippen LogP contribution >= 0.6 is 15.9 Å². The third-order valence-corrected chi connectivity index (χ3v) is 3.57. The van der Waals surface area contributed by atoms with E-state index in [2.05, 4.69) is 52.3 Å². The largest absolute Gasteiger partial charge is 0.496 e. The van der Waals surface area contributed by atoms with Crippen LogP contribution in [0.4, 0.5) is 0 Å². The minimum absolute atomic E-state index is 0.0740. The van der Waals surface area contributed by atoms with Crippen molar-refractivity contribution in [2.45, 2.75) is 39.4 Å². The fourth-order valence-corrected chi connectivity index (χ4v) is 2.44. The zero-order chi connectivity index (χ0) is 15.5. The number of hydrogen-bond acceptors (Lipinski definition) is 4. The average Bonchev–Trinajstić information content (AvgIpc) is 2.83. The lowest BCUT2D eigenvalue weighted by Crippen LogP contribution is -2.35. The summed E-state index contributed by atoms with van der Waals surface area (Å²) in [7, 11) is 1.66. The minimum atomic E-state index is 0.0740. The molecule has 0 unspecified atom stereocenters. The van der Waals surface area contributed by atoms with E-state index >= 15 is 0 Å². The molecule has 5 nitrogen and oxygen atoms in total. The fourth-order valence-electron chi connectivity index (χ4n) is 1.85. The van der Waals surface area contributed by atoms with E-state index in [1.165, 1.54) is 0 Å². The van der Waals surface area contributed by atoms with Crippen LogP contribution in [0.1, 0.15) is 32.0 Å². The van der Waals surface area contributed by atoms with Gasteiger partial charge in [-0.25, -0.2) is 4.68 Å². The monoisotopic (exact) mass is 352 g/mol. The second-order valence-electron chi connectivity index (χ2n) is 5.98. The molecule has 0 saturated carbocycles. The Bertz CT molecular complexity index is 604. The van der Waals surface area contributed by atoms with Gasteiger partial charge >= 0.3 is 0 Å². The van der Waals surface area contributed by atoms with Crippen molar-refractivity contribution in [3.05, 3.63) is 40.1 Å². The summed E-state index contributed by atoms with van der Waals surface area (Å²) in [4.78, 5) is 0. The number of hydrogen-bond donors (Lipinski definition) is 1. The van der Waals surface area contributed by atoms with Crippen LogP contribution in [0.3, 0.4) is 0 Å². The van der Waals surface area contributed by atoms with E-state index in [-0.39, 0.29) is 5.54 Å². The normalized spacial score (nSPS) is 11.7. The molecule has 114 valence electrons. The van der Waals surface area contributed by atoms with Crippen molar-refractivity contribution in [2.24, 2.45) is 0 Å². The Morgan fingerprint density at radius 2 is 2.10 bits per heavy atom. The van der Waals surface area contributed by atoms with Crippen molar-refractivity contribution in [1.82, 2.24) is 20.3 Å². The lowest BCUT2D eigenvalue weighted by Gasteiger charge is -2.19. The van der Waals surface area contributed by atoms with Crippen molar-refractivity contribution in [3.63, 3.8) is 0 Å². The van der Waals surface area contributed by atoms with Gasteiger partial charge in [-0.3, -0.25) is 0 Å². The molecule has 2 rings (SSSR count). The van der Waals surface area contributed by atoms with Crippen LogP contribution in [0, 0.1) is 0 Å². The van der Waals surface area contributed by atoms with Crippen LogP contribution in [0.15, 0.2) is 28.9 Å². The quantitative estimate of drug-likeness (QED) is 0.898. The molecular formula is C15H21BrN4O. The maximum atomic E-state index is 5.23. The highest BCUT2D eigenvalue weighted by atomic mass is 79.9. The standard InChI is InChI=1S/C15H21BrN4O/c1-15(2,3)17-8-12-10-20(19-18-12)9-11-5-6-14(21-4)13(16)7-11/h5-7,10,17H,8-9H2,1-4H3. The summed E-state index contributed by atoms with van der Waals surface area (Å²) >= 11 is 3.49. The number of ether oxygens (including phenoxy) is 1. The summed E-state index contributed by atoms with van der Waals surface area (Å²) in [6, 6.07) is 6.00. The molecule has 21 heavy (non-hydrogen) atoms. The van der Waals surface area contributed by atoms with Crippen LogP contribution in [-0.4, -0.2) is 27.6 Å². The summed E-state index contributed by atoms with van der Waals surface area (Å²) in [5.74, 6) is 0.826. The van der Waals surface area contributed by atoms with Crippen LogP contribution in [0.25, 0.3) is 0 Å². The van der Waals surface area contributed by atoms with E-state index in [9.17, 15) is 0 Å². The Balaban J connectivity index is 2.00. The highest BCUT2D eigenvalue weighted by molar-refractivity contribution is 9.10. The Hall–Kier alpha value is -1.40. The average molecular weight is 353 g/mol. The highest BCUT2D eigenvalue weighted by Crippen LogP contribution is 2.25. The predicted molar refractivity (Wildman–Crippen MR) is 86.4 cm³/mol. The van der Waals surface area contributed by atoms with E-state index in [1.54, 1.807) is 7.11 Å². The van der Waals surface area contributed by atoms with Gasteiger partial charge in [0.25, 0.3) is 0 Å². The SMILES string of the molecule is COc1ccc(Cn2cc(CNC(C)(C)C)nn2)cc1Br. The molecule has 0 aliphatic heterocycles. The lowest BCUT2D eigenvalue weighted by molar-refractivity contribution is 0.412. The maximum Gasteiger partial charge on any atom is 0.133 e. The van der Waals surface area contributed by atoms with Crippen LogP contribution in [0.2, 0.25) is 0 Å². The molecule has 1 aromatic heterocycles. The van der Waals surface area contributed by atoms with E-state index in [4.69, 9.17) is 4.74 Å². The summed E-state index contributed by atoms with van der Waals surface area (Å²) < 4.78 is 8.01. The van der Waals surface area contributed by atoms with Gasteiger partial charge in [0.05, 0.1) is 30.0 Å². The first kappa shape index (κ1) is 16.0. The van der Waals surface area contributed by atoms with Gasteiger partial charge in [-0.05, 0) is 54.4 Å². The first-order valence-corrected chi connectivity index (χ1v) is 7.63. The second-order valence-corrected chi connectivity index (χ2v) is 6.83. The van der Waals surface area contributed by atoms with Gasteiger partial charge in [-0.2, -0.15) is 0 Å². The van der Waals surface area contributed by atoms with E-state index in [0.29, 0.717) is 6.54 Å². The molecule has 1 aromatic carbocycles. The number of nitrogens with one attached hydrogen (secondary N) is 1. The van der Waals surface area contributed by atoms with E-state index in [0.717, 1.165) is 28.0 Å². The number of nitrogens with zero attached hydrogens (tertiary/aromatic N) is 3. The van der Waals surface area contributed by atoms with Gasteiger partial charge in [0.2, 0.25) is 0 Å². The van der Waals surface area contributed by atoms with Gasteiger partial charge in [0.1, 0.15) is 5.75 Å². The third-order valence-electron chi connectivity index (χ3n) is 2.95. The Morgan fingerprint density at radius 1 is 1.33 bits per heavy atom. The number of halogens is 1. The lowest BCUT2D eigenvalue weighted by atomic mass is 10.1. The smallest absolute Gasteiger partial charge is 0.133 e. The summed E-state index contributed by atoms with van der Waals surface area (Å²) in [5.41, 5.74) is 2.16. The summed E-state index contributed by atoms with van der Waals surface area (Å²) in [6.07, 6.45) is 1.97. The van der Waals surface area contributed by atoms with E-state index in [1.807, 2.05) is 29.1 Å². The molecule has 0 aliphatic rings. The van der Waals surface area contributed by atoms with Gasteiger partial charge < -0.3 is 10.1 Å².